The first-order chi connectivity index (χ1) is 15.1. The van der Waals surface area contributed by atoms with Gasteiger partial charge in [-0.25, -0.2) is 0 Å². The van der Waals surface area contributed by atoms with E-state index in [4.69, 9.17) is 21.0 Å². The summed E-state index contributed by atoms with van der Waals surface area (Å²) in [6, 6.07) is 10.3. The number of nitrogens with zero attached hydrogens (tertiary/aromatic N) is 3. The number of hydrogen-bond donors (Lipinski definition) is 3. The van der Waals surface area contributed by atoms with E-state index >= 15 is 0 Å². The van der Waals surface area contributed by atoms with E-state index in [0.29, 0.717) is 17.7 Å². The van der Waals surface area contributed by atoms with Crippen LogP contribution >= 0.6 is 0 Å². The van der Waals surface area contributed by atoms with Crippen molar-refractivity contribution in [2.24, 2.45) is 11.7 Å². The van der Waals surface area contributed by atoms with Crippen molar-refractivity contribution >= 4 is 22.0 Å². The fourth-order valence-electron chi connectivity index (χ4n) is 3.66. The Labute approximate surface area is 187 Å². The van der Waals surface area contributed by atoms with E-state index in [0.717, 1.165) is 15.6 Å². The molecule has 172 valence electrons. The van der Waals surface area contributed by atoms with Gasteiger partial charge in [0.1, 0.15) is 18.2 Å². The van der Waals surface area contributed by atoms with Gasteiger partial charge in [-0.2, -0.15) is 17.0 Å². The highest BCUT2D eigenvalue weighted by atomic mass is 32.2. The van der Waals surface area contributed by atoms with Crippen LogP contribution in [0.1, 0.15) is 18.4 Å². The Kier molecular flexibility index (Phi) is 7.12. The zero-order chi connectivity index (χ0) is 23.5. The summed E-state index contributed by atoms with van der Waals surface area (Å²) in [6.45, 7) is 0.274. The van der Waals surface area contributed by atoms with Gasteiger partial charge in [0.25, 0.3) is 10.2 Å². The summed E-state index contributed by atoms with van der Waals surface area (Å²) in [5.41, 5.74) is 7.56. The second kappa shape index (κ2) is 9.63. The van der Waals surface area contributed by atoms with Crippen LogP contribution in [0.25, 0.3) is 11.3 Å². The lowest BCUT2D eigenvalue weighted by Gasteiger charge is -2.26. The SMILES string of the molecule is CN(C)S(=O)(=O)N1C[C@H](CC(=O)O)C[C@H]1COc1ccc(-c2ccc(C(=N)N)cn2)cc1. The van der Waals surface area contributed by atoms with Crippen LogP contribution in [0, 0.1) is 11.3 Å². The van der Waals surface area contributed by atoms with Gasteiger partial charge in [0.2, 0.25) is 0 Å². The molecule has 0 saturated carbocycles. The lowest BCUT2D eigenvalue weighted by molar-refractivity contribution is -0.138. The number of rotatable bonds is 9. The molecule has 11 heteroatoms. The van der Waals surface area contributed by atoms with Crippen LogP contribution in [0.5, 0.6) is 5.75 Å². The Bertz CT molecular complexity index is 1070. The zero-order valence-electron chi connectivity index (χ0n) is 17.9. The molecule has 0 radical (unpaired) electrons. The molecule has 10 nitrogen and oxygen atoms in total. The molecule has 32 heavy (non-hydrogen) atoms. The number of aliphatic carboxylic acids is 1. The number of aromatic nitrogens is 1. The molecule has 2 aromatic rings. The minimum absolute atomic E-state index is 0.0457. The standard InChI is InChI=1S/C21H27N5O5S/c1-25(2)32(29,30)26-12-14(10-20(27)28)9-17(26)13-31-18-6-3-15(4-7-18)19-8-5-16(11-24-19)21(22)23/h3-8,11,14,17H,9-10,12-13H2,1-2H3,(H3,22,23)(H,27,28)/t14-,17-/m0/s1. The maximum atomic E-state index is 12.7. The first-order valence-electron chi connectivity index (χ1n) is 10.0. The van der Waals surface area contributed by atoms with Gasteiger partial charge in [0.05, 0.1) is 11.7 Å². The van der Waals surface area contributed by atoms with Crippen molar-refractivity contribution in [3.8, 4) is 17.0 Å². The van der Waals surface area contributed by atoms with Crippen LogP contribution in [-0.4, -0.2) is 72.2 Å². The molecule has 0 spiro atoms. The van der Waals surface area contributed by atoms with Crippen molar-refractivity contribution in [2.45, 2.75) is 18.9 Å². The molecule has 1 aromatic carbocycles. The van der Waals surface area contributed by atoms with Crippen molar-refractivity contribution in [3.63, 3.8) is 0 Å². The molecule has 3 rings (SSSR count). The number of pyridine rings is 1. The molecular weight excluding hydrogens is 434 g/mol. The smallest absolute Gasteiger partial charge is 0.303 e. The summed E-state index contributed by atoms with van der Waals surface area (Å²) in [5.74, 6) is -0.685. The second-order valence-corrected chi connectivity index (χ2v) is 9.99. The monoisotopic (exact) mass is 461 g/mol. The Morgan fingerprint density at radius 2 is 1.97 bits per heavy atom. The number of benzene rings is 1. The number of nitrogens with two attached hydrogens (primary N) is 1. The van der Waals surface area contributed by atoms with Crippen LogP contribution in [0.4, 0.5) is 0 Å². The topological polar surface area (TPSA) is 150 Å². The highest BCUT2D eigenvalue weighted by molar-refractivity contribution is 7.86. The summed E-state index contributed by atoms with van der Waals surface area (Å²) < 4.78 is 33.7. The highest BCUT2D eigenvalue weighted by Gasteiger charge is 2.41. The molecule has 1 aliphatic heterocycles. The van der Waals surface area contributed by atoms with Crippen molar-refractivity contribution in [3.05, 3.63) is 48.2 Å². The lowest BCUT2D eigenvalue weighted by Crippen LogP contribution is -2.45. The third kappa shape index (κ3) is 5.42. The normalized spacial score (nSPS) is 19.2. The van der Waals surface area contributed by atoms with Crippen molar-refractivity contribution in [1.29, 1.82) is 5.41 Å². The quantitative estimate of drug-likeness (QED) is 0.377. The van der Waals surface area contributed by atoms with Gasteiger partial charge < -0.3 is 15.6 Å². The Morgan fingerprint density at radius 1 is 1.28 bits per heavy atom. The predicted octanol–water partition coefficient (Wildman–Crippen LogP) is 1.38. The summed E-state index contributed by atoms with van der Waals surface area (Å²) in [6.07, 6.45) is 1.87. The molecule has 2 heterocycles. The number of amidine groups is 1. The first kappa shape index (κ1) is 23.6. The summed E-state index contributed by atoms with van der Waals surface area (Å²) >= 11 is 0. The third-order valence-corrected chi connectivity index (χ3v) is 7.30. The lowest BCUT2D eigenvalue weighted by atomic mass is 10.0. The van der Waals surface area contributed by atoms with E-state index in [1.807, 2.05) is 12.1 Å². The van der Waals surface area contributed by atoms with Crippen LogP contribution in [-0.2, 0) is 15.0 Å². The van der Waals surface area contributed by atoms with Crippen molar-refractivity contribution in [1.82, 2.24) is 13.6 Å². The van der Waals surface area contributed by atoms with Crippen LogP contribution in [0.15, 0.2) is 42.6 Å². The van der Waals surface area contributed by atoms with Crippen LogP contribution < -0.4 is 10.5 Å². The number of nitrogens with one attached hydrogen (secondary N) is 1. The number of nitrogen functional groups attached to an aromatic ring is 1. The largest absolute Gasteiger partial charge is 0.492 e. The maximum Gasteiger partial charge on any atom is 0.303 e. The molecule has 0 amide bonds. The minimum Gasteiger partial charge on any atom is -0.492 e. The van der Waals surface area contributed by atoms with E-state index in [1.54, 1.807) is 24.3 Å². The number of carboxylic acid groups (broad SMARTS) is 1. The van der Waals surface area contributed by atoms with Gasteiger partial charge >= 0.3 is 5.97 Å². The average Bonchev–Trinajstić information content (AvgIpc) is 3.15. The second-order valence-electron chi connectivity index (χ2n) is 7.89. The van der Waals surface area contributed by atoms with Gasteiger partial charge in [-0.05, 0) is 48.7 Å². The molecule has 1 saturated heterocycles. The fraction of sp³-hybridized carbons (Fsp3) is 0.381. The number of carbonyl (C=O) groups is 1. The maximum absolute atomic E-state index is 12.7. The Morgan fingerprint density at radius 3 is 2.50 bits per heavy atom. The average molecular weight is 462 g/mol. The van der Waals surface area contributed by atoms with Gasteiger partial charge in [0, 0.05) is 44.4 Å². The van der Waals surface area contributed by atoms with E-state index in [9.17, 15) is 13.2 Å². The molecule has 1 aliphatic rings. The van der Waals surface area contributed by atoms with Gasteiger partial charge in [-0.1, -0.05) is 0 Å². The predicted molar refractivity (Wildman–Crippen MR) is 120 cm³/mol. The Hall–Kier alpha value is -3.02. The van der Waals surface area contributed by atoms with E-state index < -0.39 is 22.2 Å². The first-order valence-corrected chi connectivity index (χ1v) is 11.4. The molecule has 1 fully saturated rings. The zero-order valence-corrected chi connectivity index (χ0v) is 18.7. The molecule has 0 unspecified atom stereocenters. The molecule has 2 atom stereocenters. The summed E-state index contributed by atoms with van der Waals surface area (Å²) in [4.78, 5) is 15.4. The van der Waals surface area contributed by atoms with Crippen molar-refractivity contribution in [2.75, 3.05) is 27.2 Å². The van der Waals surface area contributed by atoms with E-state index in [2.05, 4.69) is 4.98 Å². The van der Waals surface area contributed by atoms with Gasteiger partial charge in [-0.15, -0.1) is 0 Å². The molecule has 1 aromatic heterocycles. The van der Waals surface area contributed by atoms with Crippen LogP contribution in [0.2, 0.25) is 0 Å². The molecular formula is C21H27N5O5S. The van der Waals surface area contributed by atoms with Gasteiger partial charge in [0.15, 0.2) is 0 Å². The minimum atomic E-state index is -3.69. The molecule has 0 aliphatic carbocycles. The third-order valence-electron chi connectivity index (χ3n) is 5.34. The summed E-state index contributed by atoms with van der Waals surface area (Å²) in [5, 5.41) is 16.5. The Balaban J connectivity index is 1.68. The van der Waals surface area contributed by atoms with E-state index in [-0.39, 0.29) is 31.3 Å². The molecule has 4 N–H and O–H groups in total. The number of carboxylic acids is 1. The van der Waals surface area contributed by atoms with Gasteiger partial charge in [-0.3, -0.25) is 15.2 Å². The summed E-state index contributed by atoms with van der Waals surface area (Å²) in [7, 11) is -0.786. The van der Waals surface area contributed by atoms with E-state index in [1.165, 1.54) is 24.6 Å². The highest BCUT2D eigenvalue weighted by Crippen LogP contribution is 2.30. The van der Waals surface area contributed by atoms with Crippen molar-refractivity contribution < 1.29 is 23.1 Å². The van der Waals surface area contributed by atoms with Crippen LogP contribution in [0.3, 0.4) is 0 Å². The number of hydrogen-bond acceptors (Lipinski definition) is 6. The molecule has 0 bridgehead atoms. The number of ether oxygens (including phenoxy) is 1. The fourth-order valence-corrected chi connectivity index (χ4v) is 5.00.